The number of hydrogen-bond donors (Lipinski definition) is 0. The van der Waals surface area contributed by atoms with Crippen molar-refractivity contribution in [3.05, 3.63) is 64.8 Å². The molecule has 0 spiro atoms. The van der Waals surface area contributed by atoms with Gasteiger partial charge in [-0.3, -0.25) is 0 Å². The maximum Gasteiger partial charge on any atom is 0.221 e. The van der Waals surface area contributed by atoms with Crippen LogP contribution >= 0.6 is 0 Å². The highest BCUT2D eigenvalue weighted by molar-refractivity contribution is 6.02. The molecule has 0 atom stereocenters. The first-order valence-corrected chi connectivity index (χ1v) is 12.1. The van der Waals surface area contributed by atoms with Gasteiger partial charge >= 0.3 is 0 Å². The van der Waals surface area contributed by atoms with Gasteiger partial charge in [0.1, 0.15) is 6.54 Å². The van der Waals surface area contributed by atoms with Crippen molar-refractivity contribution < 1.29 is 4.57 Å². The van der Waals surface area contributed by atoms with Crippen molar-refractivity contribution in [2.45, 2.75) is 90.5 Å². The van der Waals surface area contributed by atoms with Gasteiger partial charge in [0.05, 0.1) is 10.9 Å². The molecular weight excluding hydrogens is 362 g/mol. The third-order valence-corrected chi connectivity index (χ3v) is 8.48. The first-order chi connectivity index (χ1) is 14.5. The number of aryl methyl sites for hydroxylation is 2. The lowest BCUT2D eigenvalue weighted by Gasteiger charge is -2.37. The molecule has 0 N–H and O–H groups in total. The predicted molar refractivity (Wildman–Crippen MR) is 127 cm³/mol. The van der Waals surface area contributed by atoms with E-state index in [-0.39, 0.29) is 10.8 Å². The van der Waals surface area contributed by atoms with E-state index in [0.717, 1.165) is 6.54 Å². The number of nitrogens with zero attached hydrogens (tertiary/aromatic N) is 1. The lowest BCUT2D eigenvalue weighted by molar-refractivity contribution is -0.685. The van der Waals surface area contributed by atoms with Crippen molar-refractivity contribution >= 4 is 10.8 Å². The fraction of sp³-hybridized carbons (Fsp3) is 0.483. The fourth-order valence-corrected chi connectivity index (χ4v) is 6.42. The van der Waals surface area contributed by atoms with Crippen LogP contribution in [0.15, 0.2) is 42.6 Å². The van der Waals surface area contributed by atoms with Gasteiger partial charge in [-0.1, -0.05) is 71.4 Å². The molecule has 1 aromatic heterocycles. The quantitative estimate of drug-likeness (QED) is 0.399. The predicted octanol–water partition coefficient (Wildman–Crippen LogP) is 7.24. The summed E-state index contributed by atoms with van der Waals surface area (Å²) in [6.07, 6.45) is 9.72. The second kappa shape index (κ2) is 6.94. The molecule has 0 amide bonds. The van der Waals surface area contributed by atoms with Crippen LogP contribution in [-0.2, 0) is 23.8 Å². The number of benzene rings is 2. The summed E-state index contributed by atoms with van der Waals surface area (Å²) in [6, 6.07) is 14.5. The van der Waals surface area contributed by atoms with E-state index >= 15 is 0 Å². The van der Waals surface area contributed by atoms with Crippen molar-refractivity contribution in [3.8, 4) is 11.3 Å². The van der Waals surface area contributed by atoms with E-state index in [9.17, 15) is 0 Å². The van der Waals surface area contributed by atoms with Gasteiger partial charge in [-0.2, -0.15) is 4.57 Å². The largest absolute Gasteiger partial charge is 0.221 e. The molecule has 0 radical (unpaired) electrons. The van der Waals surface area contributed by atoms with Crippen LogP contribution < -0.4 is 4.57 Å². The number of unbranched alkanes of at least 4 members (excludes halogenated alkanes) is 1. The highest BCUT2D eigenvalue weighted by atomic mass is 15.0. The lowest BCUT2D eigenvalue weighted by Crippen LogP contribution is -2.39. The van der Waals surface area contributed by atoms with Gasteiger partial charge in [-0.25, -0.2) is 0 Å². The fourth-order valence-electron chi connectivity index (χ4n) is 6.42. The van der Waals surface area contributed by atoms with Crippen LogP contribution in [0.4, 0.5) is 0 Å². The zero-order valence-electron chi connectivity index (χ0n) is 19.4. The Morgan fingerprint density at radius 3 is 2.40 bits per heavy atom. The average molecular weight is 399 g/mol. The van der Waals surface area contributed by atoms with Crippen LogP contribution in [0.25, 0.3) is 22.0 Å². The molecular formula is C29H36N+. The van der Waals surface area contributed by atoms with Gasteiger partial charge in [0.2, 0.25) is 5.69 Å². The van der Waals surface area contributed by atoms with E-state index < -0.39 is 0 Å². The van der Waals surface area contributed by atoms with Gasteiger partial charge in [-0.15, -0.1) is 0 Å². The summed E-state index contributed by atoms with van der Waals surface area (Å²) in [5.74, 6) is 0. The molecule has 3 aromatic rings. The summed E-state index contributed by atoms with van der Waals surface area (Å²) in [4.78, 5) is 0. The van der Waals surface area contributed by atoms with Gasteiger partial charge in [0.15, 0.2) is 6.20 Å². The van der Waals surface area contributed by atoms with Gasteiger partial charge in [-0.05, 0) is 53.3 Å². The molecule has 0 saturated carbocycles. The Morgan fingerprint density at radius 2 is 1.67 bits per heavy atom. The van der Waals surface area contributed by atoms with Crippen molar-refractivity contribution in [2.24, 2.45) is 0 Å². The molecule has 156 valence electrons. The third-order valence-electron chi connectivity index (χ3n) is 8.48. The van der Waals surface area contributed by atoms with Crippen LogP contribution in [0.2, 0.25) is 0 Å². The average Bonchev–Trinajstić information content (AvgIpc) is 2.91. The van der Waals surface area contributed by atoms with Crippen LogP contribution in [-0.4, -0.2) is 0 Å². The Kier molecular flexibility index (Phi) is 4.58. The molecule has 2 heterocycles. The zero-order valence-corrected chi connectivity index (χ0v) is 19.4. The minimum absolute atomic E-state index is 0.0244. The second-order valence-corrected chi connectivity index (χ2v) is 10.1. The SMILES string of the molecule is CCCCc1ccc2c3c4[n+](ccc13)CCC(CC)(CC)c1cccc(c1-4)C2(C)C. The minimum atomic E-state index is 0.0244. The normalized spacial score (nSPS) is 17.8. The molecule has 1 heteroatoms. The molecule has 1 nitrogen and oxygen atoms in total. The van der Waals surface area contributed by atoms with E-state index in [1.54, 1.807) is 11.1 Å². The summed E-state index contributed by atoms with van der Waals surface area (Å²) < 4.78 is 2.58. The highest BCUT2D eigenvalue weighted by Gasteiger charge is 2.45. The first-order valence-electron chi connectivity index (χ1n) is 12.1. The Bertz CT molecular complexity index is 1130. The zero-order chi connectivity index (χ0) is 21.1. The van der Waals surface area contributed by atoms with Crippen molar-refractivity contribution in [1.82, 2.24) is 0 Å². The van der Waals surface area contributed by atoms with Gasteiger partial charge in [0.25, 0.3) is 0 Å². The molecule has 5 rings (SSSR count). The summed E-state index contributed by atoms with van der Waals surface area (Å²) in [5.41, 5.74) is 9.49. The number of pyridine rings is 1. The van der Waals surface area contributed by atoms with Crippen molar-refractivity contribution in [1.29, 1.82) is 0 Å². The molecule has 2 aliphatic rings. The molecule has 0 fully saturated rings. The second-order valence-electron chi connectivity index (χ2n) is 10.1. The standard InChI is InChI=1S/C29H36N/c1-6-9-11-20-14-15-23-25-21(20)16-18-30-19-17-29(7-2,8-3)24-13-10-12-22(28(23,4)5)26(24)27(25)30/h10,12-16,18H,6-9,11,17,19H2,1-5H3/q+1. The molecule has 1 aliphatic carbocycles. The summed E-state index contributed by atoms with van der Waals surface area (Å²) in [5, 5.41) is 3.01. The third kappa shape index (κ3) is 2.50. The molecule has 0 bridgehead atoms. The molecule has 1 aliphatic heterocycles. The van der Waals surface area contributed by atoms with E-state index in [1.807, 2.05) is 0 Å². The first kappa shape index (κ1) is 19.8. The molecule has 0 saturated heterocycles. The molecule has 2 aromatic carbocycles. The van der Waals surface area contributed by atoms with Gasteiger partial charge < -0.3 is 0 Å². The van der Waals surface area contributed by atoms with E-state index in [4.69, 9.17) is 0 Å². The van der Waals surface area contributed by atoms with Crippen molar-refractivity contribution in [3.63, 3.8) is 0 Å². The molecule has 30 heavy (non-hydrogen) atoms. The van der Waals surface area contributed by atoms with Crippen LogP contribution in [0, 0.1) is 0 Å². The maximum atomic E-state index is 2.58. The van der Waals surface area contributed by atoms with Crippen LogP contribution in [0.3, 0.4) is 0 Å². The number of rotatable bonds is 5. The summed E-state index contributed by atoms with van der Waals surface area (Å²) in [7, 11) is 0. The van der Waals surface area contributed by atoms with Crippen LogP contribution in [0.5, 0.6) is 0 Å². The van der Waals surface area contributed by atoms with Gasteiger partial charge in [0, 0.05) is 23.3 Å². The Hall–Kier alpha value is -2.15. The molecule has 0 unspecified atom stereocenters. The highest BCUT2D eigenvalue weighted by Crippen LogP contribution is 2.53. The minimum Gasteiger partial charge on any atom is -0.198 e. The summed E-state index contributed by atoms with van der Waals surface area (Å²) in [6.45, 7) is 13.1. The van der Waals surface area contributed by atoms with E-state index in [0.29, 0.717) is 0 Å². The van der Waals surface area contributed by atoms with Crippen molar-refractivity contribution in [2.75, 3.05) is 0 Å². The Balaban J connectivity index is 1.94. The number of hydrogen-bond acceptors (Lipinski definition) is 0. The Morgan fingerprint density at radius 1 is 0.900 bits per heavy atom. The van der Waals surface area contributed by atoms with E-state index in [2.05, 4.69) is 81.8 Å². The topological polar surface area (TPSA) is 3.88 Å². The monoisotopic (exact) mass is 398 g/mol. The summed E-state index contributed by atoms with van der Waals surface area (Å²) >= 11 is 0. The maximum absolute atomic E-state index is 2.58. The Labute approximate surface area is 182 Å². The number of aromatic nitrogens is 1. The lowest BCUT2D eigenvalue weighted by atomic mass is 9.64. The van der Waals surface area contributed by atoms with Crippen LogP contribution in [0.1, 0.15) is 89.0 Å². The smallest absolute Gasteiger partial charge is 0.198 e. The van der Waals surface area contributed by atoms with E-state index in [1.165, 1.54) is 71.7 Å².